The van der Waals surface area contributed by atoms with Gasteiger partial charge in [0.1, 0.15) is 11.5 Å². The third-order valence-electron chi connectivity index (χ3n) is 3.39. The fourth-order valence-corrected chi connectivity index (χ4v) is 2.67. The third kappa shape index (κ3) is 1.62. The normalized spacial score (nSPS) is 14.1. The van der Waals surface area contributed by atoms with E-state index < -0.39 is 0 Å². The van der Waals surface area contributed by atoms with Gasteiger partial charge in [0, 0.05) is 17.0 Å². The van der Waals surface area contributed by atoms with E-state index in [0.717, 1.165) is 11.5 Å². The fraction of sp³-hybridized carbons (Fsp3) is 0.250. The van der Waals surface area contributed by atoms with Gasteiger partial charge in [0.15, 0.2) is 0 Å². The van der Waals surface area contributed by atoms with Crippen LogP contribution in [0.4, 0.5) is 0 Å². The minimum atomic E-state index is 0.441. The van der Waals surface area contributed by atoms with Gasteiger partial charge >= 0.3 is 0 Å². The summed E-state index contributed by atoms with van der Waals surface area (Å²) in [6.45, 7) is 4.53. The van der Waals surface area contributed by atoms with Gasteiger partial charge in [-0.25, -0.2) is 0 Å². The molecule has 17 heavy (non-hydrogen) atoms. The van der Waals surface area contributed by atoms with Gasteiger partial charge in [0.25, 0.3) is 0 Å². The molecule has 1 nitrogen and oxygen atoms in total. The van der Waals surface area contributed by atoms with Crippen molar-refractivity contribution in [2.75, 3.05) is 0 Å². The van der Waals surface area contributed by atoms with Crippen LogP contribution in [-0.2, 0) is 0 Å². The molecular formula is C16H16O. The number of hydrogen-bond acceptors (Lipinski definition) is 1. The Morgan fingerprint density at radius 1 is 0.824 bits per heavy atom. The number of benzene rings is 2. The minimum Gasteiger partial charge on any atom is -0.457 e. The molecule has 1 aliphatic heterocycles. The highest BCUT2D eigenvalue weighted by Crippen LogP contribution is 2.46. The van der Waals surface area contributed by atoms with E-state index in [1.165, 1.54) is 11.1 Å². The largest absolute Gasteiger partial charge is 0.457 e. The first kappa shape index (κ1) is 10.4. The van der Waals surface area contributed by atoms with Gasteiger partial charge in [0.05, 0.1) is 0 Å². The van der Waals surface area contributed by atoms with E-state index in [4.69, 9.17) is 4.74 Å². The molecule has 86 valence electrons. The van der Waals surface area contributed by atoms with Crippen LogP contribution in [-0.4, -0.2) is 0 Å². The van der Waals surface area contributed by atoms with Crippen molar-refractivity contribution in [1.82, 2.24) is 0 Å². The Hall–Kier alpha value is -1.76. The summed E-state index contributed by atoms with van der Waals surface area (Å²) in [7, 11) is 0. The monoisotopic (exact) mass is 224 g/mol. The molecule has 0 radical (unpaired) electrons. The SMILES string of the molecule is CC(C)C1c2ccccc2Oc2ccccc21. The predicted molar refractivity (Wildman–Crippen MR) is 69.6 cm³/mol. The highest BCUT2D eigenvalue weighted by molar-refractivity contribution is 5.53. The highest BCUT2D eigenvalue weighted by Gasteiger charge is 2.28. The van der Waals surface area contributed by atoms with Crippen molar-refractivity contribution >= 4 is 0 Å². The average molecular weight is 224 g/mol. The van der Waals surface area contributed by atoms with Crippen molar-refractivity contribution in [3.63, 3.8) is 0 Å². The summed E-state index contributed by atoms with van der Waals surface area (Å²) in [6, 6.07) is 16.7. The molecular weight excluding hydrogens is 208 g/mol. The first-order chi connectivity index (χ1) is 8.27. The Morgan fingerprint density at radius 2 is 1.29 bits per heavy atom. The van der Waals surface area contributed by atoms with Crippen LogP contribution in [0.2, 0.25) is 0 Å². The minimum absolute atomic E-state index is 0.441. The van der Waals surface area contributed by atoms with Crippen molar-refractivity contribution in [1.29, 1.82) is 0 Å². The Morgan fingerprint density at radius 3 is 1.76 bits per heavy atom. The highest BCUT2D eigenvalue weighted by atomic mass is 16.5. The molecule has 0 atom stereocenters. The maximum Gasteiger partial charge on any atom is 0.131 e. The lowest BCUT2D eigenvalue weighted by Gasteiger charge is -2.30. The molecule has 0 saturated carbocycles. The van der Waals surface area contributed by atoms with Crippen LogP contribution in [0.5, 0.6) is 11.5 Å². The lowest BCUT2D eigenvalue weighted by molar-refractivity contribution is 0.419. The molecule has 0 aromatic heterocycles. The summed E-state index contributed by atoms with van der Waals surface area (Å²) in [5.74, 6) is 3.02. The summed E-state index contributed by atoms with van der Waals surface area (Å²) in [6.07, 6.45) is 0. The summed E-state index contributed by atoms with van der Waals surface area (Å²) < 4.78 is 5.96. The molecule has 1 heteroatoms. The van der Waals surface area contributed by atoms with Crippen LogP contribution in [0.1, 0.15) is 30.9 Å². The second kappa shape index (κ2) is 3.92. The molecule has 0 spiro atoms. The maximum atomic E-state index is 5.96. The molecule has 0 aliphatic carbocycles. The number of ether oxygens (including phenoxy) is 1. The van der Waals surface area contributed by atoms with Gasteiger partial charge in [0.2, 0.25) is 0 Å². The molecule has 3 rings (SSSR count). The molecule has 0 bridgehead atoms. The number of rotatable bonds is 1. The summed E-state index contributed by atoms with van der Waals surface area (Å²) in [5.41, 5.74) is 2.61. The van der Waals surface area contributed by atoms with E-state index in [9.17, 15) is 0 Å². The molecule has 0 fully saturated rings. The summed E-state index contributed by atoms with van der Waals surface area (Å²) >= 11 is 0. The van der Waals surface area contributed by atoms with Crippen LogP contribution < -0.4 is 4.74 Å². The van der Waals surface area contributed by atoms with Crippen molar-refractivity contribution in [2.45, 2.75) is 19.8 Å². The molecule has 1 aliphatic rings. The zero-order valence-electron chi connectivity index (χ0n) is 10.2. The standard InChI is InChI=1S/C16H16O/c1-11(2)16-12-7-3-5-9-14(12)17-15-10-6-4-8-13(15)16/h3-11,16H,1-2H3. The van der Waals surface area contributed by atoms with E-state index in [-0.39, 0.29) is 0 Å². The molecule has 0 unspecified atom stereocenters. The third-order valence-corrected chi connectivity index (χ3v) is 3.39. The first-order valence-electron chi connectivity index (χ1n) is 6.13. The maximum absolute atomic E-state index is 5.96. The van der Waals surface area contributed by atoms with Gasteiger partial charge < -0.3 is 4.74 Å². The summed E-state index contributed by atoms with van der Waals surface area (Å²) in [4.78, 5) is 0. The molecule has 0 N–H and O–H groups in total. The van der Waals surface area contributed by atoms with Gasteiger partial charge in [-0.15, -0.1) is 0 Å². The zero-order valence-corrected chi connectivity index (χ0v) is 10.2. The van der Waals surface area contributed by atoms with Crippen molar-refractivity contribution < 1.29 is 4.74 Å². The Kier molecular flexibility index (Phi) is 2.40. The van der Waals surface area contributed by atoms with E-state index in [1.807, 2.05) is 12.1 Å². The van der Waals surface area contributed by atoms with E-state index in [0.29, 0.717) is 11.8 Å². The molecule has 0 saturated heterocycles. The van der Waals surface area contributed by atoms with Crippen LogP contribution in [0.25, 0.3) is 0 Å². The topological polar surface area (TPSA) is 9.23 Å². The van der Waals surface area contributed by atoms with Crippen LogP contribution >= 0.6 is 0 Å². The van der Waals surface area contributed by atoms with Gasteiger partial charge in [-0.2, -0.15) is 0 Å². The molecule has 2 aromatic rings. The molecule has 2 aromatic carbocycles. The predicted octanol–water partition coefficient (Wildman–Crippen LogP) is 4.58. The number of fused-ring (bicyclic) bond motifs is 2. The van der Waals surface area contributed by atoms with Crippen molar-refractivity contribution in [3.05, 3.63) is 59.7 Å². The van der Waals surface area contributed by atoms with Crippen LogP contribution in [0.3, 0.4) is 0 Å². The first-order valence-corrected chi connectivity index (χ1v) is 6.13. The van der Waals surface area contributed by atoms with Gasteiger partial charge in [-0.3, -0.25) is 0 Å². The van der Waals surface area contributed by atoms with E-state index in [1.54, 1.807) is 0 Å². The smallest absolute Gasteiger partial charge is 0.131 e. The fourth-order valence-electron chi connectivity index (χ4n) is 2.67. The second-order valence-corrected chi connectivity index (χ2v) is 4.90. The number of hydrogen-bond donors (Lipinski definition) is 0. The van der Waals surface area contributed by atoms with Gasteiger partial charge in [-0.1, -0.05) is 50.2 Å². The summed E-state index contributed by atoms with van der Waals surface area (Å²) in [5, 5.41) is 0. The van der Waals surface area contributed by atoms with Crippen LogP contribution in [0, 0.1) is 5.92 Å². The lowest BCUT2D eigenvalue weighted by Crippen LogP contribution is -2.14. The Labute approximate surface area is 102 Å². The van der Waals surface area contributed by atoms with Crippen LogP contribution in [0.15, 0.2) is 48.5 Å². The van der Waals surface area contributed by atoms with E-state index >= 15 is 0 Å². The van der Waals surface area contributed by atoms with Crippen molar-refractivity contribution in [3.8, 4) is 11.5 Å². The lowest BCUT2D eigenvalue weighted by atomic mass is 9.80. The van der Waals surface area contributed by atoms with Gasteiger partial charge in [-0.05, 0) is 18.1 Å². The Balaban J connectivity index is 2.21. The Bertz CT molecular complexity index is 497. The van der Waals surface area contributed by atoms with Crippen molar-refractivity contribution in [2.24, 2.45) is 5.92 Å². The molecule has 1 heterocycles. The molecule has 0 amide bonds. The average Bonchev–Trinajstić information content (AvgIpc) is 2.35. The van der Waals surface area contributed by atoms with E-state index in [2.05, 4.69) is 50.2 Å². The second-order valence-electron chi connectivity index (χ2n) is 4.90. The zero-order chi connectivity index (χ0) is 11.8. The number of para-hydroxylation sites is 2. The quantitative estimate of drug-likeness (QED) is 0.689.